The Hall–Kier alpha value is -2.11. The molecule has 1 aromatic rings. The number of carboxylic acids is 1. The van der Waals surface area contributed by atoms with Crippen molar-refractivity contribution in [2.75, 3.05) is 7.11 Å². The van der Waals surface area contributed by atoms with Crippen LogP contribution in [-0.2, 0) is 4.79 Å². The Morgan fingerprint density at radius 1 is 1.38 bits per heavy atom. The summed E-state index contributed by atoms with van der Waals surface area (Å²) in [5, 5.41) is 11.7. The lowest BCUT2D eigenvalue weighted by molar-refractivity contribution is -0.141. The van der Waals surface area contributed by atoms with Gasteiger partial charge < -0.3 is 15.2 Å². The molecule has 2 atom stereocenters. The number of ether oxygens (including phenoxy) is 1. The molecule has 0 bridgehead atoms. The Labute approximate surface area is 124 Å². The molecule has 1 amide bonds. The lowest BCUT2D eigenvalue weighted by Gasteiger charge is -2.15. The van der Waals surface area contributed by atoms with Crippen molar-refractivity contribution in [3.8, 4) is 5.75 Å². The number of amides is 1. The van der Waals surface area contributed by atoms with E-state index in [9.17, 15) is 9.59 Å². The minimum Gasteiger partial charge on any atom is -0.494 e. The van der Waals surface area contributed by atoms with Crippen LogP contribution >= 0.6 is 0 Å². The van der Waals surface area contributed by atoms with E-state index >= 15 is 0 Å². The molecule has 1 heterocycles. The first-order valence-electron chi connectivity index (χ1n) is 6.97. The van der Waals surface area contributed by atoms with Crippen LogP contribution in [0.3, 0.4) is 0 Å². The van der Waals surface area contributed by atoms with Gasteiger partial charge in [0.15, 0.2) is 0 Å². The van der Waals surface area contributed by atoms with Gasteiger partial charge in [-0.25, -0.2) is 0 Å². The van der Waals surface area contributed by atoms with E-state index in [1.54, 1.807) is 13.0 Å². The minimum atomic E-state index is -0.784. The van der Waals surface area contributed by atoms with E-state index < -0.39 is 5.97 Å². The number of nitrogens with zero attached hydrogens (tertiary/aromatic N) is 1. The molecule has 1 rings (SSSR count). The molecule has 6 nitrogen and oxygen atoms in total. The minimum absolute atomic E-state index is 0.0311. The van der Waals surface area contributed by atoms with Crippen LogP contribution in [0.4, 0.5) is 0 Å². The fraction of sp³-hybridized carbons (Fsp3) is 0.533. The van der Waals surface area contributed by atoms with E-state index in [1.807, 2.05) is 6.92 Å². The van der Waals surface area contributed by atoms with Gasteiger partial charge in [-0.15, -0.1) is 0 Å². The van der Waals surface area contributed by atoms with Crippen LogP contribution in [0.1, 0.15) is 43.5 Å². The number of carboxylic acid groups (broad SMARTS) is 1. The third-order valence-corrected chi connectivity index (χ3v) is 3.32. The Bertz CT molecular complexity index is 490. The van der Waals surface area contributed by atoms with Crippen LogP contribution in [0.25, 0.3) is 0 Å². The molecule has 6 heteroatoms. The van der Waals surface area contributed by atoms with Crippen molar-refractivity contribution in [3.63, 3.8) is 0 Å². The first kappa shape index (κ1) is 16.9. The molecule has 0 spiro atoms. The zero-order valence-corrected chi connectivity index (χ0v) is 12.6. The fourth-order valence-corrected chi connectivity index (χ4v) is 1.96. The van der Waals surface area contributed by atoms with Crippen LogP contribution in [0, 0.1) is 5.92 Å². The standard InChI is InChI=1S/C15H22N2O4/c1-10(15(19)20)5-4-6-11(2)17-14(18)12-7-8-16-9-13(12)21-3/h7-11H,4-6H2,1-3H3,(H,17,18)(H,19,20). The van der Waals surface area contributed by atoms with Crippen molar-refractivity contribution in [2.24, 2.45) is 5.92 Å². The van der Waals surface area contributed by atoms with Gasteiger partial charge in [-0.1, -0.05) is 13.3 Å². The second kappa shape index (κ2) is 8.24. The molecule has 0 aliphatic carbocycles. The number of carbonyl (C=O) groups is 2. The second-order valence-electron chi connectivity index (χ2n) is 5.12. The summed E-state index contributed by atoms with van der Waals surface area (Å²) in [7, 11) is 1.49. The third-order valence-electron chi connectivity index (χ3n) is 3.32. The highest BCUT2D eigenvalue weighted by atomic mass is 16.5. The highest BCUT2D eigenvalue weighted by molar-refractivity contribution is 5.96. The number of hydrogen-bond acceptors (Lipinski definition) is 4. The lowest BCUT2D eigenvalue weighted by atomic mass is 10.0. The van der Waals surface area contributed by atoms with Gasteiger partial charge in [0, 0.05) is 12.2 Å². The zero-order chi connectivity index (χ0) is 15.8. The highest BCUT2D eigenvalue weighted by Gasteiger charge is 2.15. The second-order valence-corrected chi connectivity index (χ2v) is 5.12. The molecule has 21 heavy (non-hydrogen) atoms. The topological polar surface area (TPSA) is 88.5 Å². The summed E-state index contributed by atoms with van der Waals surface area (Å²) in [5.74, 6) is -0.920. The SMILES string of the molecule is COc1cnccc1C(=O)NC(C)CCCC(C)C(=O)O. The van der Waals surface area contributed by atoms with E-state index in [4.69, 9.17) is 9.84 Å². The zero-order valence-electron chi connectivity index (χ0n) is 12.6. The van der Waals surface area contributed by atoms with Crippen LogP contribution < -0.4 is 10.1 Å². The van der Waals surface area contributed by atoms with Crippen molar-refractivity contribution < 1.29 is 19.4 Å². The summed E-state index contributed by atoms with van der Waals surface area (Å²) < 4.78 is 5.10. The van der Waals surface area contributed by atoms with Gasteiger partial charge in [-0.05, 0) is 25.8 Å². The Kier molecular flexibility index (Phi) is 6.65. The van der Waals surface area contributed by atoms with Gasteiger partial charge in [-0.2, -0.15) is 0 Å². The largest absolute Gasteiger partial charge is 0.494 e. The number of aromatic nitrogens is 1. The molecular weight excluding hydrogens is 272 g/mol. The summed E-state index contributed by atoms with van der Waals surface area (Å²) in [6, 6.07) is 1.57. The first-order chi connectivity index (χ1) is 9.95. The number of aliphatic carboxylic acids is 1. The maximum Gasteiger partial charge on any atom is 0.306 e. The van der Waals surface area contributed by atoms with E-state index in [0.717, 1.165) is 12.8 Å². The predicted octanol–water partition coefficient (Wildman–Crippen LogP) is 2.10. The number of pyridine rings is 1. The predicted molar refractivity (Wildman–Crippen MR) is 78.4 cm³/mol. The molecule has 0 fully saturated rings. The number of hydrogen-bond donors (Lipinski definition) is 2. The van der Waals surface area contributed by atoms with Gasteiger partial charge in [-0.3, -0.25) is 14.6 Å². The maximum atomic E-state index is 12.1. The Morgan fingerprint density at radius 3 is 2.71 bits per heavy atom. The van der Waals surface area contributed by atoms with Gasteiger partial charge in [0.2, 0.25) is 0 Å². The van der Waals surface area contributed by atoms with Gasteiger partial charge >= 0.3 is 5.97 Å². The van der Waals surface area contributed by atoms with Crippen LogP contribution in [-0.4, -0.2) is 35.1 Å². The first-order valence-corrected chi connectivity index (χ1v) is 6.97. The maximum absolute atomic E-state index is 12.1. The summed E-state index contributed by atoms with van der Waals surface area (Å²) in [6.07, 6.45) is 5.12. The van der Waals surface area contributed by atoms with Crippen molar-refractivity contribution in [3.05, 3.63) is 24.0 Å². The molecule has 0 saturated carbocycles. The van der Waals surface area contributed by atoms with Crippen LogP contribution in [0.2, 0.25) is 0 Å². The molecule has 0 saturated heterocycles. The molecule has 0 aromatic carbocycles. The summed E-state index contributed by atoms with van der Waals surface area (Å²) in [4.78, 5) is 26.7. The van der Waals surface area contributed by atoms with E-state index in [2.05, 4.69) is 10.3 Å². The molecule has 2 unspecified atom stereocenters. The Balaban J connectivity index is 2.45. The molecule has 0 aliphatic rings. The summed E-state index contributed by atoms with van der Waals surface area (Å²) in [6.45, 7) is 3.59. The Morgan fingerprint density at radius 2 is 2.10 bits per heavy atom. The van der Waals surface area contributed by atoms with Gasteiger partial charge in [0.05, 0.1) is 24.8 Å². The molecule has 2 N–H and O–H groups in total. The number of rotatable bonds is 8. The van der Waals surface area contributed by atoms with E-state index in [1.165, 1.54) is 19.5 Å². The normalized spacial score (nSPS) is 13.3. The molecule has 0 radical (unpaired) electrons. The van der Waals surface area contributed by atoms with Crippen molar-refractivity contribution in [1.82, 2.24) is 10.3 Å². The molecule has 116 valence electrons. The highest BCUT2D eigenvalue weighted by Crippen LogP contribution is 2.16. The van der Waals surface area contributed by atoms with Crippen molar-refractivity contribution in [2.45, 2.75) is 39.2 Å². The van der Waals surface area contributed by atoms with Crippen LogP contribution in [0.5, 0.6) is 5.75 Å². The summed E-state index contributed by atoms with van der Waals surface area (Å²) >= 11 is 0. The molecule has 1 aromatic heterocycles. The molecular formula is C15H22N2O4. The monoisotopic (exact) mass is 294 g/mol. The number of nitrogens with one attached hydrogen (secondary N) is 1. The quantitative estimate of drug-likeness (QED) is 0.766. The van der Waals surface area contributed by atoms with Crippen molar-refractivity contribution in [1.29, 1.82) is 0 Å². The van der Waals surface area contributed by atoms with Crippen LogP contribution in [0.15, 0.2) is 18.5 Å². The molecule has 0 aliphatic heterocycles. The number of carbonyl (C=O) groups excluding carboxylic acids is 1. The smallest absolute Gasteiger partial charge is 0.306 e. The average Bonchev–Trinajstić information content (AvgIpc) is 2.46. The summed E-state index contributed by atoms with van der Waals surface area (Å²) in [5.41, 5.74) is 0.443. The van der Waals surface area contributed by atoms with Gasteiger partial charge in [0.1, 0.15) is 5.75 Å². The number of methoxy groups -OCH3 is 1. The third kappa shape index (κ3) is 5.41. The van der Waals surface area contributed by atoms with Gasteiger partial charge in [0.25, 0.3) is 5.91 Å². The fourth-order valence-electron chi connectivity index (χ4n) is 1.96. The van der Waals surface area contributed by atoms with Crippen molar-refractivity contribution >= 4 is 11.9 Å². The average molecular weight is 294 g/mol. The van der Waals surface area contributed by atoms with E-state index in [-0.39, 0.29) is 17.9 Å². The lowest BCUT2D eigenvalue weighted by Crippen LogP contribution is -2.32. The van der Waals surface area contributed by atoms with E-state index in [0.29, 0.717) is 17.7 Å².